The van der Waals surface area contributed by atoms with E-state index in [0.717, 1.165) is 6.42 Å². The summed E-state index contributed by atoms with van der Waals surface area (Å²) < 4.78 is 6.07. The molecule has 1 nitrogen and oxygen atoms in total. The van der Waals surface area contributed by atoms with Crippen molar-refractivity contribution in [3.63, 3.8) is 0 Å². The van der Waals surface area contributed by atoms with Gasteiger partial charge in [-0.05, 0) is 39.5 Å². The monoisotopic (exact) mass is 178 g/mol. The molecule has 0 aromatic carbocycles. The van der Waals surface area contributed by atoms with E-state index in [1.807, 2.05) is 0 Å². The smallest absolute Gasteiger partial charge is 0.0845 e. The third kappa shape index (κ3) is 2.02. The second-order valence-corrected chi connectivity index (χ2v) is 4.46. The van der Waals surface area contributed by atoms with Gasteiger partial charge in [0.1, 0.15) is 0 Å². The van der Waals surface area contributed by atoms with Gasteiger partial charge in [0.2, 0.25) is 0 Å². The van der Waals surface area contributed by atoms with Crippen LogP contribution in [0.5, 0.6) is 0 Å². The van der Waals surface area contributed by atoms with Gasteiger partial charge in [0.25, 0.3) is 0 Å². The molecule has 0 spiro atoms. The van der Waals surface area contributed by atoms with Crippen molar-refractivity contribution in [1.82, 2.24) is 0 Å². The van der Waals surface area contributed by atoms with E-state index in [4.69, 9.17) is 4.74 Å². The van der Waals surface area contributed by atoms with E-state index in [1.165, 1.54) is 24.8 Å². The molecule has 2 aliphatic carbocycles. The van der Waals surface area contributed by atoms with Crippen LogP contribution in [0.1, 0.15) is 39.5 Å². The Hall–Kier alpha value is -0.560. The van der Waals surface area contributed by atoms with Crippen molar-refractivity contribution in [2.24, 2.45) is 0 Å². The highest BCUT2D eigenvalue weighted by molar-refractivity contribution is 5.13. The van der Waals surface area contributed by atoms with Crippen LogP contribution in [0.3, 0.4) is 0 Å². The lowest BCUT2D eigenvalue weighted by Crippen LogP contribution is -2.28. The van der Waals surface area contributed by atoms with Gasteiger partial charge in [-0.3, -0.25) is 0 Å². The van der Waals surface area contributed by atoms with Crippen LogP contribution in [-0.2, 0) is 4.74 Å². The molecule has 0 saturated heterocycles. The van der Waals surface area contributed by atoms with Crippen molar-refractivity contribution in [3.05, 3.63) is 23.8 Å². The van der Waals surface area contributed by atoms with Crippen molar-refractivity contribution in [3.8, 4) is 0 Å². The van der Waals surface area contributed by atoms with Crippen molar-refractivity contribution < 1.29 is 4.74 Å². The Bertz CT molecular complexity index is 252. The predicted molar refractivity (Wildman–Crippen MR) is 54.6 cm³/mol. The van der Waals surface area contributed by atoms with Gasteiger partial charge in [0, 0.05) is 0 Å². The van der Waals surface area contributed by atoms with Crippen LogP contribution in [0.4, 0.5) is 0 Å². The van der Waals surface area contributed by atoms with E-state index < -0.39 is 0 Å². The van der Waals surface area contributed by atoms with Crippen molar-refractivity contribution in [1.29, 1.82) is 0 Å². The first-order chi connectivity index (χ1) is 6.18. The molecule has 2 aliphatic rings. The van der Waals surface area contributed by atoms with Crippen LogP contribution in [0.15, 0.2) is 23.8 Å². The second kappa shape index (κ2) is 3.30. The summed E-state index contributed by atoms with van der Waals surface area (Å²) in [6, 6.07) is 0. The summed E-state index contributed by atoms with van der Waals surface area (Å²) >= 11 is 0. The Labute approximate surface area is 80.5 Å². The standard InChI is InChI=1S/C12H18O/c1-10-5-6-11(9-10)13-12(2)7-3-4-8-12/h3,7,9,11H,4-6,8H2,1-2H3. The summed E-state index contributed by atoms with van der Waals surface area (Å²) in [5.41, 5.74) is 1.50. The highest BCUT2D eigenvalue weighted by Gasteiger charge is 2.28. The fourth-order valence-corrected chi connectivity index (χ4v) is 2.18. The molecule has 0 fully saturated rings. The van der Waals surface area contributed by atoms with Gasteiger partial charge >= 0.3 is 0 Å². The zero-order valence-corrected chi connectivity index (χ0v) is 8.55. The maximum atomic E-state index is 6.07. The Balaban J connectivity index is 1.94. The number of hydrogen-bond acceptors (Lipinski definition) is 1. The topological polar surface area (TPSA) is 9.23 Å². The third-order valence-corrected chi connectivity index (χ3v) is 2.99. The van der Waals surface area contributed by atoms with Gasteiger partial charge in [-0.1, -0.05) is 23.8 Å². The highest BCUT2D eigenvalue weighted by Crippen LogP contribution is 2.31. The van der Waals surface area contributed by atoms with Gasteiger partial charge in [0.05, 0.1) is 11.7 Å². The van der Waals surface area contributed by atoms with Crippen LogP contribution in [0.25, 0.3) is 0 Å². The molecule has 0 saturated carbocycles. The summed E-state index contributed by atoms with van der Waals surface area (Å²) in [6.07, 6.45) is 11.8. The Morgan fingerprint density at radius 2 is 2.38 bits per heavy atom. The first kappa shape index (κ1) is 9.01. The summed E-state index contributed by atoms with van der Waals surface area (Å²) in [6.45, 7) is 4.38. The second-order valence-electron chi connectivity index (χ2n) is 4.46. The van der Waals surface area contributed by atoms with Gasteiger partial charge in [-0.15, -0.1) is 0 Å². The third-order valence-electron chi connectivity index (χ3n) is 2.99. The summed E-state index contributed by atoms with van der Waals surface area (Å²) in [5.74, 6) is 0. The quantitative estimate of drug-likeness (QED) is 0.590. The molecule has 0 N–H and O–H groups in total. The normalized spacial score (nSPS) is 38.3. The minimum Gasteiger partial charge on any atom is -0.364 e. The van der Waals surface area contributed by atoms with E-state index in [1.54, 1.807) is 0 Å². The molecule has 0 aliphatic heterocycles. The maximum Gasteiger partial charge on any atom is 0.0845 e. The first-order valence-corrected chi connectivity index (χ1v) is 5.21. The molecule has 13 heavy (non-hydrogen) atoms. The minimum absolute atomic E-state index is 0.0196. The number of hydrogen-bond donors (Lipinski definition) is 0. The molecule has 0 heterocycles. The average Bonchev–Trinajstić information content (AvgIpc) is 2.62. The zero-order chi connectivity index (χ0) is 9.31. The molecular weight excluding hydrogens is 160 g/mol. The van der Waals surface area contributed by atoms with Gasteiger partial charge in [-0.2, -0.15) is 0 Å². The molecule has 0 aromatic rings. The number of allylic oxidation sites excluding steroid dienone is 2. The lowest BCUT2D eigenvalue weighted by atomic mass is 10.1. The number of rotatable bonds is 2. The molecule has 2 atom stereocenters. The van der Waals surface area contributed by atoms with E-state index in [0.29, 0.717) is 6.10 Å². The Morgan fingerprint density at radius 3 is 2.92 bits per heavy atom. The zero-order valence-electron chi connectivity index (χ0n) is 8.55. The molecule has 0 radical (unpaired) electrons. The maximum absolute atomic E-state index is 6.07. The van der Waals surface area contributed by atoms with Gasteiger partial charge in [0.15, 0.2) is 0 Å². The van der Waals surface area contributed by atoms with Crippen LogP contribution in [0, 0.1) is 0 Å². The van der Waals surface area contributed by atoms with Crippen LogP contribution < -0.4 is 0 Å². The molecule has 2 unspecified atom stereocenters. The highest BCUT2D eigenvalue weighted by atomic mass is 16.5. The molecular formula is C12H18O. The fraction of sp³-hybridized carbons (Fsp3) is 0.667. The molecule has 0 amide bonds. The van der Waals surface area contributed by atoms with E-state index in [9.17, 15) is 0 Å². The van der Waals surface area contributed by atoms with Crippen molar-refractivity contribution in [2.45, 2.75) is 51.2 Å². The van der Waals surface area contributed by atoms with Gasteiger partial charge in [-0.25, -0.2) is 0 Å². The molecule has 0 bridgehead atoms. The van der Waals surface area contributed by atoms with E-state index >= 15 is 0 Å². The van der Waals surface area contributed by atoms with Gasteiger partial charge < -0.3 is 4.74 Å². The summed E-state index contributed by atoms with van der Waals surface area (Å²) in [5, 5.41) is 0. The molecule has 0 aromatic heterocycles. The molecule has 2 rings (SSSR count). The predicted octanol–water partition coefficient (Wildman–Crippen LogP) is 3.22. The van der Waals surface area contributed by atoms with Crippen molar-refractivity contribution in [2.75, 3.05) is 0 Å². The first-order valence-electron chi connectivity index (χ1n) is 5.21. The van der Waals surface area contributed by atoms with E-state index in [-0.39, 0.29) is 5.60 Å². The lowest BCUT2D eigenvalue weighted by molar-refractivity contribution is -0.0293. The van der Waals surface area contributed by atoms with Crippen molar-refractivity contribution >= 4 is 0 Å². The lowest BCUT2D eigenvalue weighted by Gasteiger charge is -2.26. The molecule has 72 valence electrons. The fourth-order valence-electron chi connectivity index (χ4n) is 2.18. The summed E-state index contributed by atoms with van der Waals surface area (Å²) in [7, 11) is 0. The summed E-state index contributed by atoms with van der Waals surface area (Å²) in [4.78, 5) is 0. The Kier molecular flexibility index (Phi) is 2.29. The minimum atomic E-state index is 0.0196. The number of ether oxygens (including phenoxy) is 1. The SMILES string of the molecule is CC1=CC(OC2(C)C=CCC2)CC1. The molecule has 1 heteroatoms. The van der Waals surface area contributed by atoms with Crippen LogP contribution in [0.2, 0.25) is 0 Å². The van der Waals surface area contributed by atoms with Crippen LogP contribution in [-0.4, -0.2) is 11.7 Å². The Morgan fingerprint density at radius 1 is 1.54 bits per heavy atom. The average molecular weight is 178 g/mol. The van der Waals surface area contributed by atoms with Crippen LogP contribution >= 0.6 is 0 Å². The largest absolute Gasteiger partial charge is 0.364 e. The van der Waals surface area contributed by atoms with E-state index in [2.05, 4.69) is 32.1 Å².